The van der Waals surface area contributed by atoms with Crippen LogP contribution in [0.25, 0.3) is 0 Å². The van der Waals surface area contributed by atoms with E-state index in [9.17, 15) is 22.8 Å². The first kappa shape index (κ1) is 19.5. The van der Waals surface area contributed by atoms with Gasteiger partial charge in [0.25, 0.3) is 0 Å². The van der Waals surface area contributed by atoms with E-state index in [1.54, 1.807) is 13.8 Å². The Morgan fingerprint density at radius 2 is 1.88 bits per heavy atom. The Morgan fingerprint density at radius 1 is 1.19 bits per heavy atom. The van der Waals surface area contributed by atoms with Crippen molar-refractivity contribution in [2.24, 2.45) is 0 Å². The number of aromatic nitrogens is 1. The number of aryl methyl sites for hydroxylation is 2. The molecule has 0 fully saturated rings. The van der Waals surface area contributed by atoms with E-state index in [-0.39, 0.29) is 17.8 Å². The minimum Gasteiger partial charge on any atom is -0.361 e. The van der Waals surface area contributed by atoms with Crippen molar-refractivity contribution in [3.63, 3.8) is 0 Å². The first-order valence-electron chi connectivity index (χ1n) is 7.78. The molecule has 2 rings (SSSR count). The maximum atomic E-state index is 13.2. The number of alkyl halides is 3. The number of carbonyl (C=O) groups is 2. The van der Waals surface area contributed by atoms with Crippen LogP contribution in [0, 0.1) is 13.8 Å². The van der Waals surface area contributed by atoms with Crippen LogP contribution in [-0.4, -0.2) is 17.0 Å². The number of halogens is 3. The predicted molar refractivity (Wildman–Crippen MR) is 88.7 cm³/mol. The molecule has 2 N–H and O–H groups in total. The van der Waals surface area contributed by atoms with Gasteiger partial charge in [-0.25, -0.2) is 0 Å². The number of nitrogens with one attached hydrogen (secondary N) is 2. The molecule has 9 heteroatoms. The van der Waals surface area contributed by atoms with Gasteiger partial charge in [-0.1, -0.05) is 5.16 Å². The van der Waals surface area contributed by atoms with Gasteiger partial charge in [0.05, 0.1) is 16.9 Å². The van der Waals surface area contributed by atoms with Crippen molar-refractivity contribution in [2.75, 3.05) is 10.6 Å². The quantitative estimate of drug-likeness (QED) is 0.839. The molecule has 0 spiro atoms. The number of hydrogen-bond acceptors (Lipinski definition) is 4. The minimum atomic E-state index is -4.68. The molecule has 2 aromatic rings. The van der Waals surface area contributed by atoms with Gasteiger partial charge in [-0.15, -0.1) is 0 Å². The van der Waals surface area contributed by atoms with Crippen LogP contribution in [0.2, 0.25) is 0 Å². The van der Waals surface area contributed by atoms with Gasteiger partial charge in [-0.2, -0.15) is 13.2 Å². The van der Waals surface area contributed by atoms with Crippen LogP contribution in [0.15, 0.2) is 22.7 Å². The van der Waals surface area contributed by atoms with Crippen LogP contribution in [0.5, 0.6) is 0 Å². The molecule has 0 aliphatic heterocycles. The van der Waals surface area contributed by atoms with Crippen LogP contribution < -0.4 is 10.6 Å². The smallest absolute Gasteiger partial charge is 0.361 e. The third-order valence-corrected chi connectivity index (χ3v) is 3.70. The number of benzene rings is 1. The van der Waals surface area contributed by atoms with E-state index in [2.05, 4.69) is 15.8 Å². The average Bonchev–Trinajstić information content (AvgIpc) is 2.84. The van der Waals surface area contributed by atoms with E-state index in [1.165, 1.54) is 13.0 Å². The molecule has 1 aromatic carbocycles. The number of anilines is 2. The lowest BCUT2D eigenvalue weighted by atomic mass is 10.1. The zero-order valence-electron chi connectivity index (χ0n) is 14.5. The second-order valence-corrected chi connectivity index (χ2v) is 5.79. The summed E-state index contributed by atoms with van der Waals surface area (Å²) in [5, 5.41) is 8.33. The lowest BCUT2D eigenvalue weighted by Crippen LogP contribution is -2.18. The lowest BCUT2D eigenvalue weighted by Gasteiger charge is -2.15. The Hall–Kier alpha value is -2.84. The molecule has 26 heavy (non-hydrogen) atoms. The summed E-state index contributed by atoms with van der Waals surface area (Å²) in [5.74, 6) is -0.483. The standard InChI is InChI=1S/C17H18F3N3O3/c1-9-13(10(2)26-23-9)5-7-16(25)22-15-6-4-12(21-11(3)24)8-14(15)17(18,19)20/h4,6,8H,5,7H2,1-3H3,(H,21,24)(H,22,25). The molecule has 1 heterocycles. The van der Waals surface area contributed by atoms with Crippen molar-refractivity contribution in [3.8, 4) is 0 Å². The van der Waals surface area contributed by atoms with Gasteiger partial charge in [-0.3, -0.25) is 9.59 Å². The molecule has 0 unspecified atom stereocenters. The Labute approximate surface area is 147 Å². The molecular formula is C17H18F3N3O3. The first-order chi connectivity index (χ1) is 12.1. The topological polar surface area (TPSA) is 84.2 Å². The monoisotopic (exact) mass is 369 g/mol. The average molecular weight is 369 g/mol. The van der Waals surface area contributed by atoms with E-state index in [1.807, 2.05) is 0 Å². The fourth-order valence-corrected chi connectivity index (χ4v) is 2.48. The minimum absolute atomic E-state index is 0.00135. The second-order valence-electron chi connectivity index (χ2n) is 5.79. The fraction of sp³-hybridized carbons (Fsp3) is 0.353. The van der Waals surface area contributed by atoms with Crippen LogP contribution in [0.3, 0.4) is 0 Å². The summed E-state index contributed by atoms with van der Waals surface area (Å²) >= 11 is 0. The van der Waals surface area contributed by atoms with E-state index in [4.69, 9.17) is 4.52 Å². The highest BCUT2D eigenvalue weighted by molar-refractivity contribution is 5.93. The highest BCUT2D eigenvalue weighted by atomic mass is 19.4. The molecule has 0 saturated heterocycles. The van der Waals surface area contributed by atoms with Gasteiger partial charge in [0.1, 0.15) is 5.76 Å². The third-order valence-electron chi connectivity index (χ3n) is 3.70. The van der Waals surface area contributed by atoms with E-state index >= 15 is 0 Å². The van der Waals surface area contributed by atoms with Gasteiger partial charge in [-0.05, 0) is 38.5 Å². The molecule has 0 aliphatic rings. The maximum Gasteiger partial charge on any atom is 0.418 e. The molecule has 0 aliphatic carbocycles. The highest BCUT2D eigenvalue weighted by Crippen LogP contribution is 2.36. The fourth-order valence-electron chi connectivity index (χ4n) is 2.48. The number of nitrogens with zero attached hydrogens (tertiary/aromatic N) is 1. The van der Waals surface area contributed by atoms with E-state index < -0.39 is 23.6 Å². The highest BCUT2D eigenvalue weighted by Gasteiger charge is 2.34. The van der Waals surface area contributed by atoms with Crippen molar-refractivity contribution in [1.29, 1.82) is 0 Å². The molecule has 2 amide bonds. The van der Waals surface area contributed by atoms with Crippen molar-refractivity contribution < 1.29 is 27.3 Å². The molecular weight excluding hydrogens is 351 g/mol. The number of hydrogen-bond donors (Lipinski definition) is 2. The molecule has 0 radical (unpaired) electrons. The summed E-state index contributed by atoms with van der Waals surface area (Å²) in [6.45, 7) is 4.62. The van der Waals surface area contributed by atoms with Crippen LogP contribution in [-0.2, 0) is 22.2 Å². The summed E-state index contributed by atoms with van der Waals surface area (Å²) in [4.78, 5) is 23.1. The van der Waals surface area contributed by atoms with Crippen molar-refractivity contribution in [2.45, 2.75) is 39.8 Å². The number of carbonyl (C=O) groups excluding carboxylic acids is 2. The van der Waals surface area contributed by atoms with Gasteiger partial charge in [0.15, 0.2) is 0 Å². The summed E-state index contributed by atoms with van der Waals surface area (Å²) in [6.07, 6.45) is -4.40. The summed E-state index contributed by atoms with van der Waals surface area (Å²) in [7, 11) is 0. The van der Waals surface area contributed by atoms with Crippen LogP contribution >= 0.6 is 0 Å². The van der Waals surface area contributed by atoms with Crippen molar-refractivity contribution in [3.05, 3.63) is 40.8 Å². The Kier molecular flexibility index (Phi) is 5.69. The third kappa shape index (κ3) is 4.84. The largest absolute Gasteiger partial charge is 0.418 e. The zero-order chi connectivity index (χ0) is 19.5. The lowest BCUT2D eigenvalue weighted by molar-refractivity contribution is -0.137. The van der Waals surface area contributed by atoms with E-state index in [0.717, 1.165) is 17.7 Å². The van der Waals surface area contributed by atoms with E-state index in [0.29, 0.717) is 17.9 Å². The molecule has 0 bridgehead atoms. The second kappa shape index (κ2) is 7.59. The van der Waals surface area contributed by atoms with Crippen molar-refractivity contribution in [1.82, 2.24) is 5.16 Å². The van der Waals surface area contributed by atoms with Gasteiger partial charge >= 0.3 is 6.18 Å². The van der Waals surface area contributed by atoms with Gasteiger partial charge in [0.2, 0.25) is 11.8 Å². The summed E-state index contributed by atoms with van der Waals surface area (Å²) in [6, 6.07) is 3.19. The normalized spacial score (nSPS) is 11.3. The molecule has 1 aromatic heterocycles. The van der Waals surface area contributed by atoms with Crippen molar-refractivity contribution >= 4 is 23.2 Å². The molecule has 6 nitrogen and oxygen atoms in total. The Balaban J connectivity index is 2.14. The van der Waals surface area contributed by atoms with Gasteiger partial charge < -0.3 is 15.2 Å². The molecule has 140 valence electrons. The number of rotatable bonds is 5. The Morgan fingerprint density at radius 3 is 2.42 bits per heavy atom. The van der Waals surface area contributed by atoms with Crippen LogP contribution in [0.4, 0.5) is 24.5 Å². The van der Waals surface area contributed by atoms with Crippen LogP contribution in [0.1, 0.15) is 35.9 Å². The first-order valence-corrected chi connectivity index (χ1v) is 7.78. The van der Waals surface area contributed by atoms with Gasteiger partial charge in [0, 0.05) is 24.6 Å². The molecule has 0 atom stereocenters. The summed E-state index contributed by atoms with van der Waals surface area (Å²) in [5.41, 5.74) is 0.00601. The number of amides is 2. The Bertz CT molecular complexity index is 809. The maximum absolute atomic E-state index is 13.2. The SMILES string of the molecule is CC(=O)Nc1ccc(NC(=O)CCc2c(C)noc2C)c(C(F)(F)F)c1. The molecule has 0 saturated carbocycles. The predicted octanol–water partition coefficient (Wildman–Crippen LogP) is 3.84. The zero-order valence-corrected chi connectivity index (χ0v) is 14.5. The summed E-state index contributed by atoms with van der Waals surface area (Å²) < 4.78 is 44.7.